The molecule has 5 saturated carbocycles. The van der Waals surface area contributed by atoms with Crippen LogP contribution in [0.25, 0.3) is 0 Å². The second kappa shape index (κ2) is 35.1. The Hall–Kier alpha value is -3.49. The topological polar surface area (TPSA) is 546 Å². The summed E-state index contributed by atoms with van der Waals surface area (Å²) in [6.07, 6.45) is -36.1. The zero-order valence-corrected chi connectivity index (χ0v) is 54.4. The average Bonchev–Trinajstić information content (AvgIpc) is 1.18. The summed E-state index contributed by atoms with van der Waals surface area (Å²) in [6, 6.07) is 0. The van der Waals surface area contributed by atoms with Gasteiger partial charge in [0.1, 0.15) is 98.7 Å². The van der Waals surface area contributed by atoms with E-state index < -0.39 is 252 Å². The van der Waals surface area contributed by atoms with Crippen molar-refractivity contribution in [2.75, 3.05) is 26.4 Å². The number of rotatable bonds is 22. The lowest BCUT2D eigenvalue weighted by molar-refractivity contribution is -0.344. The predicted molar refractivity (Wildman–Crippen MR) is 325 cm³/mol. The molecule has 99 heavy (non-hydrogen) atoms. The second-order valence-corrected chi connectivity index (χ2v) is 28.3. The molecule has 0 aromatic carbocycles. The minimum atomic E-state index is -2.00. The molecular formula is C65H100O34. The van der Waals surface area contributed by atoms with Gasteiger partial charge in [0.15, 0.2) is 31.3 Å². The molecule has 0 aromatic rings. The summed E-state index contributed by atoms with van der Waals surface area (Å²) < 4.78 is 71.6. The van der Waals surface area contributed by atoms with Crippen LogP contribution in [-0.2, 0) is 71.2 Å². The van der Waals surface area contributed by atoms with Gasteiger partial charge in [0.2, 0.25) is 0 Å². The van der Waals surface area contributed by atoms with Crippen LogP contribution in [-0.4, -0.2) is 337 Å². The summed E-state index contributed by atoms with van der Waals surface area (Å²) in [5.41, 5.74) is 0. The maximum absolute atomic E-state index is 13.1. The lowest BCUT2D eigenvalue weighted by Gasteiger charge is -2.52. The zero-order valence-electron chi connectivity index (χ0n) is 54.4. The first-order valence-corrected chi connectivity index (χ1v) is 34.4. The van der Waals surface area contributed by atoms with E-state index in [2.05, 4.69) is 0 Å². The standard InChI is InChI=1S/C65H100O34/c66-22-43-53(81)61(99-49(77)14-6-28-3-10-34(69)39(74)17-28)65(95-43)90-25-46-52(80)56(84)59(87)64(98-46)94-42-21-31-36(71)19-30(91-62-57(85)54(82)50(78)44(96-62)23-88-47(75)12-4-26-1-8-32(67)37(72)15-26)20-40(31)92-60(42)29-7-11-35(70)41(18-29)93-63-58(86)55(83)51(79)45(97-63)24-89-48(76)13-5-27-2-9-33(68)38(73)16-27/h4-6,12-14,26-46,50-74,78-87H,1-3,7-11,15-25H2. The van der Waals surface area contributed by atoms with E-state index in [0.29, 0.717) is 38.5 Å². The molecule has 19 N–H and O–H groups in total. The van der Waals surface area contributed by atoms with E-state index in [9.17, 15) is 111 Å². The molecular weight excluding hydrogens is 1320 g/mol. The molecule has 0 spiro atoms. The Morgan fingerprint density at radius 1 is 0.364 bits per heavy atom. The first-order valence-electron chi connectivity index (χ1n) is 34.4. The van der Waals surface area contributed by atoms with Crippen LogP contribution in [0.3, 0.4) is 0 Å². The van der Waals surface area contributed by atoms with Crippen LogP contribution in [0.4, 0.5) is 0 Å². The van der Waals surface area contributed by atoms with Crippen LogP contribution in [0.5, 0.6) is 0 Å². The van der Waals surface area contributed by atoms with Crippen LogP contribution >= 0.6 is 0 Å². The third-order valence-corrected chi connectivity index (χ3v) is 21.3. The zero-order chi connectivity index (χ0) is 71.3. The van der Waals surface area contributed by atoms with E-state index in [1.165, 1.54) is 18.2 Å². The van der Waals surface area contributed by atoms with Crippen molar-refractivity contribution in [2.24, 2.45) is 29.6 Å². The highest BCUT2D eigenvalue weighted by Crippen LogP contribution is 2.46. The number of aliphatic hydroxyl groups excluding tert-OH is 19. The lowest BCUT2D eigenvalue weighted by Crippen LogP contribution is -2.63. The molecule has 34 heteroatoms. The highest BCUT2D eigenvalue weighted by molar-refractivity contribution is 5.82. The van der Waals surface area contributed by atoms with Gasteiger partial charge in [-0.05, 0) is 107 Å². The fourth-order valence-electron chi connectivity index (χ4n) is 15.2. The number of aliphatic hydroxyl groups is 19. The SMILES string of the molecule is O=C(C=CC1CCC(O)C(O)C1)OCC1OC(OC2CC(O)C3CC(OC4OC(COC5OC(CO)C(O)C5OC(=O)C=CC5CCC(O)C(O)C5)C(O)C(O)C4O)C(C4CCC(O)C(OC5OC(COC(=O)C=CC6CCC(O)C(O)C6)C(O)C(O)C5O)C4)OC3C2)C(O)C(O)C1O. The molecule has 0 bridgehead atoms. The molecule has 34 nitrogen and oxygen atoms in total. The van der Waals surface area contributed by atoms with E-state index in [0.717, 1.165) is 18.2 Å². The van der Waals surface area contributed by atoms with E-state index in [1.807, 2.05) is 0 Å². The van der Waals surface area contributed by atoms with Gasteiger partial charge in [-0.15, -0.1) is 0 Å². The first kappa shape index (κ1) is 78.1. The molecule has 5 heterocycles. The fraction of sp³-hybridized carbons (Fsp3) is 0.862. The number of esters is 3. The van der Waals surface area contributed by atoms with Crippen molar-refractivity contribution < 1.29 is 168 Å². The Morgan fingerprint density at radius 3 is 1.27 bits per heavy atom. The highest BCUT2D eigenvalue weighted by Gasteiger charge is 2.56. The summed E-state index contributed by atoms with van der Waals surface area (Å²) in [7, 11) is 0. The summed E-state index contributed by atoms with van der Waals surface area (Å²) in [5, 5.41) is 205. The van der Waals surface area contributed by atoms with Gasteiger partial charge < -0.3 is 154 Å². The van der Waals surface area contributed by atoms with Crippen LogP contribution < -0.4 is 0 Å². The first-order chi connectivity index (χ1) is 47.1. The Balaban J connectivity index is 0.827. The number of carbonyl (C=O) groups excluding carboxylic acids is 3. The fourth-order valence-corrected chi connectivity index (χ4v) is 15.2. The third kappa shape index (κ3) is 19.3. The van der Waals surface area contributed by atoms with Crippen molar-refractivity contribution in [3.8, 4) is 0 Å². The van der Waals surface area contributed by atoms with Gasteiger partial charge >= 0.3 is 17.9 Å². The molecule has 0 aromatic heterocycles. The van der Waals surface area contributed by atoms with Gasteiger partial charge in [0.25, 0.3) is 0 Å². The van der Waals surface area contributed by atoms with Crippen LogP contribution in [0.15, 0.2) is 36.5 Å². The summed E-state index contributed by atoms with van der Waals surface area (Å²) in [5.74, 6) is -4.97. The second-order valence-electron chi connectivity index (χ2n) is 28.3. The van der Waals surface area contributed by atoms with Gasteiger partial charge in [0, 0.05) is 37.0 Å². The quantitative estimate of drug-likeness (QED) is 0.0272. The van der Waals surface area contributed by atoms with Crippen LogP contribution in [0.2, 0.25) is 0 Å². The molecule has 0 amide bonds. The van der Waals surface area contributed by atoms with E-state index >= 15 is 0 Å². The normalized spacial score (nSPS) is 48.6. The van der Waals surface area contributed by atoms with Gasteiger partial charge in [-0.3, -0.25) is 0 Å². The van der Waals surface area contributed by atoms with Crippen molar-refractivity contribution in [2.45, 2.75) is 292 Å². The van der Waals surface area contributed by atoms with Crippen molar-refractivity contribution in [1.82, 2.24) is 0 Å². The molecule has 10 rings (SSSR count). The van der Waals surface area contributed by atoms with E-state index in [-0.39, 0.29) is 75.5 Å². The number of fused-ring (bicyclic) bond motifs is 1. The smallest absolute Gasteiger partial charge is 0.330 e. The molecule has 37 atom stereocenters. The highest BCUT2D eigenvalue weighted by atomic mass is 16.8. The molecule has 5 aliphatic heterocycles. The molecule has 5 saturated heterocycles. The maximum Gasteiger partial charge on any atom is 0.330 e. The third-order valence-electron chi connectivity index (χ3n) is 21.3. The van der Waals surface area contributed by atoms with Crippen molar-refractivity contribution >= 4 is 17.9 Å². The molecule has 0 radical (unpaired) electrons. The number of ether oxygens (including phenoxy) is 12. The van der Waals surface area contributed by atoms with Crippen molar-refractivity contribution in [3.63, 3.8) is 0 Å². The van der Waals surface area contributed by atoms with Gasteiger partial charge in [-0.2, -0.15) is 0 Å². The number of hydrogen-bond acceptors (Lipinski definition) is 34. The maximum atomic E-state index is 13.1. The Bertz CT molecular complexity index is 2680. The summed E-state index contributed by atoms with van der Waals surface area (Å²) >= 11 is 0. The van der Waals surface area contributed by atoms with Gasteiger partial charge in [-0.25, -0.2) is 14.4 Å². The largest absolute Gasteiger partial charge is 0.460 e. The summed E-state index contributed by atoms with van der Waals surface area (Å²) in [6.45, 7) is -2.70. The average molecular weight is 1430 g/mol. The number of carbonyl (C=O) groups is 3. The molecule has 37 unspecified atom stereocenters. The molecule has 5 aliphatic carbocycles. The van der Waals surface area contributed by atoms with Crippen molar-refractivity contribution in [3.05, 3.63) is 36.5 Å². The number of hydrogen-bond donors (Lipinski definition) is 19. The summed E-state index contributed by atoms with van der Waals surface area (Å²) in [4.78, 5) is 38.7. The number of allylic oxidation sites excluding steroid dienone is 3. The molecule has 10 aliphatic rings. The van der Waals surface area contributed by atoms with Crippen LogP contribution in [0, 0.1) is 29.6 Å². The van der Waals surface area contributed by atoms with Crippen LogP contribution in [0.1, 0.15) is 96.3 Å². The molecule has 564 valence electrons. The Morgan fingerprint density at radius 2 is 0.798 bits per heavy atom. The van der Waals surface area contributed by atoms with E-state index in [1.54, 1.807) is 0 Å². The van der Waals surface area contributed by atoms with Crippen molar-refractivity contribution in [1.29, 1.82) is 0 Å². The minimum Gasteiger partial charge on any atom is -0.460 e. The lowest BCUT2D eigenvalue weighted by atomic mass is 9.72. The van der Waals surface area contributed by atoms with Gasteiger partial charge in [-0.1, -0.05) is 18.2 Å². The molecule has 10 fully saturated rings. The Labute approximate surface area is 569 Å². The van der Waals surface area contributed by atoms with Gasteiger partial charge in [0.05, 0.1) is 92.6 Å². The predicted octanol–water partition coefficient (Wildman–Crippen LogP) is -7.02. The monoisotopic (exact) mass is 1420 g/mol. The minimum absolute atomic E-state index is 0.0135. The van der Waals surface area contributed by atoms with E-state index in [4.69, 9.17) is 56.8 Å². The Kier molecular flexibility index (Phi) is 27.7.